The molecule has 2 nitrogen and oxygen atoms in total. The molecule has 0 heterocycles. The number of halogens is 7. The molecule has 2 aromatic rings. The molecule has 31 heavy (non-hydrogen) atoms. The molecule has 0 bridgehead atoms. The number of aliphatic imine (C=N–C) groups is 1. The Labute approximate surface area is 200 Å². The fraction of sp³-hybridized carbons (Fsp3) is 0.381. The molecule has 0 aliphatic carbocycles. The van der Waals surface area contributed by atoms with Crippen LogP contribution in [-0.4, -0.2) is 11.3 Å². The molecule has 0 spiro atoms. The first-order chi connectivity index (χ1) is 14.1. The van der Waals surface area contributed by atoms with Gasteiger partial charge in [0.25, 0.3) is 0 Å². The van der Waals surface area contributed by atoms with E-state index in [1.807, 2.05) is 47.6 Å². The summed E-state index contributed by atoms with van der Waals surface area (Å²) in [5.74, 6) is -10.5. The van der Waals surface area contributed by atoms with Crippen LogP contribution in [0.2, 0.25) is 0 Å². The van der Waals surface area contributed by atoms with E-state index in [-0.39, 0.29) is 31.8 Å². The van der Waals surface area contributed by atoms with Gasteiger partial charge in [-0.15, -0.1) is 0 Å². The van der Waals surface area contributed by atoms with E-state index in [0.717, 1.165) is 5.56 Å². The van der Waals surface area contributed by atoms with E-state index in [9.17, 15) is 27.1 Å². The van der Waals surface area contributed by atoms with E-state index in [1.165, 1.54) is 6.07 Å². The van der Waals surface area contributed by atoms with Crippen molar-refractivity contribution in [1.29, 1.82) is 0 Å². The predicted octanol–water partition coefficient (Wildman–Crippen LogP) is 8.12. The maximum atomic E-state index is 13.9. The summed E-state index contributed by atoms with van der Waals surface area (Å²) in [4.78, 5) is 3.85. The second-order valence-electron chi connectivity index (χ2n) is 8.70. The molecule has 0 radical (unpaired) electrons. The van der Waals surface area contributed by atoms with E-state index in [1.54, 1.807) is 0 Å². The van der Waals surface area contributed by atoms with Crippen LogP contribution in [0.15, 0.2) is 17.1 Å². The predicted molar refractivity (Wildman–Crippen MR) is 117 cm³/mol. The van der Waals surface area contributed by atoms with Gasteiger partial charge in [0.2, 0.25) is 5.82 Å². The molecule has 2 rings (SSSR count). The quantitative estimate of drug-likeness (QED) is 0.121. The number of hydrogen-bond donors (Lipinski definition) is 1. The molecule has 0 saturated carbocycles. The van der Waals surface area contributed by atoms with E-state index in [4.69, 9.17) is 0 Å². The van der Waals surface area contributed by atoms with E-state index in [0.29, 0.717) is 11.8 Å². The normalized spacial score (nSPS) is 12.0. The molecule has 0 aromatic heterocycles. The van der Waals surface area contributed by atoms with Crippen LogP contribution in [-0.2, 0) is 25.8 Å². The summed E-state index contributed by atoms with van der Waals surface area (Å²) in [5.41, 5.74) is -0.664. The van der Waals surface area contributed by atoms with Crippen molar-refractivity contribution in [3.05, 3.63) is 57.9 Å². The van der Waals surface area contributed by atoms with E-state index in [2.05, 4.69) is 31.3 Å². The van der Waals surface area contributed by atoms with Gasteiger partial charge < -0.3 is 5.11 Å². The Bertz CT molecular complexity index is 956. The monoisotopic (exact) mass is 605 g/mol. The van der Waals surface area contributed by atoms with Crippen molar-refractivity contribution in [3.8, 4) is 5.75 Å². The Balaban J connectivity index is 0.00000151. The maximum absolute atomic E-state index is 13.9. The van der Waals surface area contributed by atoms with Crippen LogP contribution in [0.3, 0.4) is 0 Å². The van der Waals surface area contributed by atoms with Gasteiger partial charge in [-0.3, -0.25) is 4.99 Å². The Hall–Kier alpha value is -0.766. The van der Waals surface area contributed by atoms with Gasteiger partial charge in [0.1, 0.15) is 11.4 Å². The summed E-state index contributed by atoms with van der Waals surface area (Å²) in [6.45, 7) is 11.4. The molecule has 0 amide bonds. The minimum absolute atomic E-state index is 0.0266. The molecule has 0 unspecified atom stereocenters. The van der Waals surface area contributed by atoms with Crippen LogP contribution in [0.5, 0.6) is 5.75 Å². The van der Waals surface area contributed by atoms with Crippen LogP contribution < -0.4 is 0 Å². The number of phenolic OH excluding ortho intramolecular Hbond substituents is 1. The average Bonchev–Trinajstić information content (AvgIpc) is 2.64. The molecule has 0 atom stereocenters. The van der Waals surface area contributed by atoms with Gasteiger partial charge in [-0.1, -0.05) is 47.6 Å². The molecule has 0 saturated heterocycles. The fourth-order valence-electron chi connectivity index (χ4n) is 2.59. The van der Waals surface area contributed by atoms with Crippen LogP contribution in [0.25, 0.3) is 0 Å². The first-order valence-corrected chi connectivity index (χ1v) is 16.7. The Morgan fingerprint density at radius 3 is 1.61 bits per heavy atom. The number of hydrogen-bond acceptors (Lipinski definition) is 2. The van der Waals surface area contributed by atoms with Gasteiger partial charge in [-0.2, -0.15) is 0 Å². The first kappa shape index (κ1) is 28.3. The van der Waals surface area contributed by atoms with Crippen molar-refractivity contribution >= 4 is 38.2 Å². The van der Waals surface area contributed by atoms with Crippen LogP contribution in [0.1, 0.15) is 58.2 Å². The molecular weight excluding hydrogens is 585 g/mol. The molecule has 0 aliphatic rings. The molecular formula is C21H22Br2F5NOTi. The first-order valence-electron chi connectivity index (χ1n) is 8.97. The third-order valence-corrected chi connectivity index (χ3v) is 4.34. The second kappa shape index (κ2) is 10.9. The number of rotatable bonds is 2. The van der Waals surface area contributed by atoms with Crippen LogP contribution >= 0.6 is 26.3 Å². The van der Waals surface area contributed by atoms with Gasteiger partial charge in [0.15, 0.2) is 23.3 Å². The number of phenols is 1. The van der Waals surface area contributed by atoms with Crippen LogP contribution in [0.4, 0.5) is 27.6 Å². The summed E-state index contributed by atoms with van der Waals surface area (Å²) in [5, 5.41) is 10.6. The molecule has 0 aliphatic heterocycles. The van der Waals surface area contributed by atoms with Crippen molar-refractivity contribution in [1.82, 2.24) is 0 Å². The third kappa shape index (κ3) is 6.86. The van der Waals surface area contributed by atoms with Crippen LogP contribution in [0, 0.1) is 29.1 Å². The van der Waals surface area contributed by atoms with Gasteiger partial charge in [-0.25, -0.2) is 22.0 Å². The minimum atomic E-state index is -2.24. The number of aromatic hydroxyl groups is 1. The second-order valence-corrected chi connectivity index (χ2v) is 16.6. The van der Waals surface area contributed by atoms with E-state index >= 15 is 0 Å². The van der Waals surface area contributed by atoms with Gasteiger partial charge in [0, 0.05) is 11.8 Å². The van der Waals surface area contributed by atoms with Crippen molar-refractivity contribution in [3.63, 3.8) is 0 Å². The summed E-state index contributed by atoms with van der Waals surface area (Å²) < 4.78 is 67.7. The topological polar surface area (TPSA) is 32.6 Å². The summed E-state index contributed by atoms with van der Waals surface area (Å²) in [6, 6.07) is 3.33. The number of benzene rings is 2. The molecule has 10 heteroatoms. The number of nitrogens with zero attached hydrogens (tertiary/aromatic N) is 1. The van der Waals surface area contributed by atoms with Crippen molar-refractivity contribution in [2.24, 2.45) is 4.99 Å². The van der Waals surface area contributed by atoms with Crippen molar-refractivity contribution < 1.29 is 42.0 Å². The molecule has 2 aromatic carbocycles. The molecule has 1 N–H and O–H groups in total. The van der Waals surface area contributed by atoms with Crippen molar-refractivity contribution in [2.45, 2.75) is 52.4 Å². The Morgan fingerprint density at radius 2 is 1.23 bits per heavy atom. The van der Waals surface area contributed by atoms with E-state index < -0.39 is 40.1 Å². The zero-order chi connectivity index (χ0) is 24.3. The summed E-state index contributed by atoms with van der Waals surface area (Å²) in [6.07, 6.45) is 0.532. The zero-order valence-corrected chi connectivity index (χ0v) is 22.5. The summed E-state index contributed by atoms with van der Waals surface area (Å²) >= 11 is 6.50. The molecule has 170 valence electrons. The fourth-order valence-corrected chi connectivity index (χ4v) is 2.59. The third-order valence-electron chi connectivity index (χ3n) is 4.34. The van der Waals surface area contributed by atoms with Gasteiger partial charge in [-0.05, 0) is 22.5 Å². The zero-order valence-electron chi connectivity index (χ0n) is 17.8. The Kier molecular flexibility index (Phi) is 9.94. The molecule has 0 fully saturated rings. The van der Waals surface area contributed by atoms with Gasteiger partial charge in [0.05, 0.1) is 5.56 Å². The summed E-state index contributed by atoms with van der Waals surface area (Å²) in [7, 11) is 0. The van der Waals surface area contributed by atoms with Crippen molar-refractivity contribution in [2.75, 3.05) is 0 Å². The Morgan fingerprint density at radius 1 is 0.806 bits per heavy atom. The average molecular weight is 607 g/mol. The standard InChI is InChI=1S/C21H22F5NO.2BrH.Ti/c1-20(2,3)10-7-12(21(4,5)6)19(28)13(8-10)27-9-11-14(22)16(24)18(26)17(25)15(11)23;;;/h7-9,28H,1-6H3;2*1H;/q;;;+2/p-2. The van der Waals surface area contributed by atoms with Gasteiger partial charge >= 0.3 is 41.3 Å². The SMILES string of the molecule is CC(C)(C)c1cc(N=Cc2c(F)c(F)c(F)c(F)c2F)c(O)c(C(C)(C)C)c1.[Br][Ti][Br].